The zero-order valence-electron chi connectivity index (χ0n) is 19.2. The van der Waals surface area contributed by atoms with Crippen molar-refractivity contribution in [2.75, 3.05) is 26.9 Å². The number of para-hydroxylation sites is 1. The smallest absolute Gasteiger partial charge is 0.261 e. The molecule has 1 N–H and O–H groups in total. The summed E-state index contributed by atoms with van der Waals surface area (Å²) in [5.41, 5.74) is 1.37. The lowest BCUT2D eigenvalue weighted by molar-refractivity contribution is -0.143. The van der Waals surface area contributed by atoms with E-state index in [1.54, 1.807) is 31.4 Å². The Kier molecular flexibility index (Phi) is 9.61. The van der Waals surface area contributed by atoms with Crippen LogP contribution in [0, 0.1) is 5.82 Å². The Morgan fingerprint density at radius 1 is 0.941 bits per heavy atom. The second-order valence-electron chi connectivity index (χ2n) is 7.70. The van der Waals surface area contributed by atoms with E-state index in [1.165, 1.54) is 17.0 Å². The second-order valence-corrected chi connectivity index (χ2v) is 7.70. The third kappa shape index (κ3) is 7.42. The van der Waals surface area contributed by atoms with Gasteiger partial charge in [0.25, 0.3) is 5.91 Å². The van der Waals surface area contributed by atoms with Gasteiger partial charge in [-0.2, -0.15) is 0 Å². The van der Waals surface area contributed by atoms with Crippen molar-refractivity contribution < 1.29 is 23.5 Å². The number of hydrogen-bond acceptors (Lipinski definition) is 4. The molecule has 0 saturated heterocycles. The number of benzene rings is 3. The highest BCUT2D eigenvalue weighted by Gasteiger charge is 2.31. The standard InChI is InChI=1S/C27H29FN2O4/c1-33-18-8-17-29-27(32)26(22-9-4-2-5-10-22)30(19-21-13-15-23(28)16-14-21)25(31)20-34-24-11-6-3-7-12-24/h2-7,9-16,26H,8,17-20H2,1H3,(H,29,32). The molecular formula is C27H29FN2O4. The van der Waals surface area contributed by atoms with E-state index < -0.39 is 6.04 Å². The van der Waals surface area contributed by atoms with E-state index in [9.17, 15) is 14.0 Å². The lowest BCUT2D eigenvalue weighted by Crippen LogP contribution is -2.45. The van der Waals surface area contributed by atoms with Crippen molar-refractivity contribution in [2.45, 2.75) is 19.0 Å². The van der Waals surface area contributed by atoms with Gasteiger partial charge in [0.2, 0.25) is 5.91 Å². The van der Waals surface area contributed by atoms with E-state index in [1.807, 2.05) is 48.5 Å². The summed E-state index contributed by atoms with van der Waals surface area (Å²) in [6, 6.07) is 23.1. The number of ether oxygens (including phenoxy) is 2. The van der Waals surface area contributed by atoms with Crippen LogP contribution in [0.5, 0.6) is 5.75 Å². The SMILES string of the molecule is COCCCNC(=O)C(c1ccccc1)N(Cc1ccc(F)cc1)C(=O)COc1ccccc1. The van der Waals surface area contributed by atoms with Crippen molar-refractivity contribution in [1.29, 1.82) is 0 Å². The third-order valence-electron chi connectivity index (χ3n) is 5.19. The van der Waals surface area contributed by atoms with Crippen LogP contribution in [0.25, 0.3) is 0 Å². The Hall–Kier alpha value is -3.71. The molecule has 0 saturated carbocycles. The predicted octanol–water partition coefficient (Wildman–Crippen LogP) is 4.13. The van der Waals surface area contributed by atoms with Crippen molar-refractivity contribution in [2.24, 2.45) is 0 Å². The van der Waals surface area contributed by atoms with Gasteiger partial charge in [0.1, 0.15) is 17.6 Å². The molecule has 0 aliphatic rings. The number of carbonyl (C=O) groups excluding carboxylic acids is 2. The highest BCUT2D eigenvalue weighted by molar-refractivity contribution is 5.89. The van der Waals surface area contributed by atoms with Crippen LogP contribution in [0.2, 0.25) is 0 Å². The normalized spacial score (nSPS) is 11.5. The van der Waals surface area contributed by atoms with Crippen LogP contribution in [-0.2, 0) is 20.9 Å². The summed E-state index contributed by atoms with van der Waals surface area (Å²) < 4.78 is 24.2. The van der Waals surface area contributed by atoms with Crippen molar-refractivity contribution in [3.05, 3.63) is 102 Å². The molecule has 1 unspecified atom stereocenters. The number of halogens is 1. The fourth-order valence-corrected chi connectivity index (χ4v) is 3.49. The topological polar surface area (TPSA) is 67.9 Å². The number of amides is 2. The Morgan fingerprint density at radius 3 is 2.24 bits per heavy atom. The first kappa shape index (κ1) is 24.9. The van der Waals surface area contributed by atoms with Gasteiger partial charge in [-0.1, -0.05) is 60.7 Å². The highest BCUT2D eigenvalue weighted by atomic mass is 19.1. The molecule has 3 aromatic carbocycles. The molecule has 6 nitrogen and oxygen atoms in total. The van der Waals surface area contributed by atoms with Crippen LogP contribution in [0.4, 0.5) is 4.39 Å². The number of rotatable bonds is 12. The van der Waals surface area contributed by atoms with Gasteiger partial charge in [0.05, 0.1) is 0 Å². The van der Waals surface area contributed by atoms with Crippen LogP contribution in [0.1, 0.15) is 23.6 Å². The summed E-state index contributed by atoms with van der Waals surface area (Å²) in [5.74, 6) is -0.492. The van der Waals surface area contributed by atoms with Gasteiger partial charge in [0.15, 0.2) is 6.61 Å². The van der Waals surface area contributed by atoms with Crippen LogP contribution >= 0.6 is 0 Å². The molecule has 3 rings (SSSR count). The minimum absolute atomic E-state index is 0.113. The number of nitrogens with zero attached hydrogens (tertiary/aromatic N) is 1. The fraction of sp³-hybridized carbons (Fsp3) is 0.259. The Bertz CT molecular complexity index is 1030. The largest absolute Gasteiger partial charge is 0.484 e. The van der Waals surface area contributed by atoms with Crippen LogP contribution < -0.4 is 10.1 Å². The second kappa shape index (κ2) is 13.1. The first-order chi connectivity index (χ1) is 16.6. The molecule has 0 aliphatic carbocycles. The van der Waals surface area contributed by atoms with Gasteiger partial charge in [-0.3, -0.25) is 9.59 Å². The summed E-state index contributed by atoms with van der Waals surface area (Å²) in [7, 11) is 1.60. The molecule has 2 amide bonds. The molecule has 178 valence electrons. The molecule has 0 radical (unpaired) electrons. The molecule has 0 heterocycles. The lowest BCUT2D eigenvalue weighted by Gasteiger charge is -2.31. The van der Waals surface area contributed by atoms with Crippen LogP contribution in [-0.4, -0.2) is 43.6 Å². The monoisotopic (exact) mass is 464 g/mol. The van der Waals surface area contributed by atoms with Gasteiger partial charge in [-0.05, 0) is 41.8 Å². The molecule has 0 spiro atoms. The van der Waals surface area contributed by atoms with E-state index in [0.29, 0.717) is 36.4 Å². The van der Waals surface area contributed by atoms with Gasteiger partial charge in [0, 0.05) is 26.8 Å². The number of carbonyl (C=O) groups is 2. The van der Waals surface area contributed by atoms with E-state index in [-0.39, 0.29) is 30.8 Å². The maximum absolute atomic E-state index is 13.5. The molecule has 0 bridgehead atoms. The summed E-state index contributed by atoms with van der Waals surface area (Å²) in [6.07, 6.45) is 0.646. The van der Waals surface area contributed by atoms with Crippen molar-refractivity contribution in [3.8, 4) is 5.75 Å². The minimum Gasteiger partial charge on any atom is -0.484 e. The highest BCUT2D eigenvalue weighted by Crippen LogP contribution is 2.24. The quantitative estimate of drug-likeness (QED) is 0.410. The average molecular weight is 465 g/mol. The van der Waals surface area contributed by atoms with E-state index in [0.717, 1.165) is 0 Å². The third-order valence-corrected chi connectivity index (χ3v) is 5.19. The summed E-state index contributed by atoms with van der Waals surface area (Å²) in [4.78, 5) is 28.2. The minimum atomic E-state index is -0.888. The molecule has 0 fully saturated rings. The van der Waals surface area contributed by atoms with Crippen molar-refractivity contribution in [1.82, 2.24) is 10.2 Å². The van der Waals surface area contributed by atoms with Crippen molar-refractivity contribution in [3.63, 3.8) is 0 Å². The Balaban J connectivity index is 1.88. The fourth-order valence-electron chi connectivity index (χ4n) is 3.49. The van der Waals surface area contributed by atoms with Gasteiger partial charge in [-0.25, -0.2) is 4.39 Å². The maximum atomic E-state index is 13.5. The number of methoxy groups -OCH3 is 1. The predicted molar refractivity (Wildman–Crippen MR) is 128 cm³/mol. The first-order valence-electron chi connectivity index (χ1n) is 11.1. The lowest BCUT2D eigenvalue weighted by atomic mass is 10.0. The number of hydrogen-bond donors (Lipinski definition) is 1. The number of nitrogens with one attached hydrogen (secondary N) is 1. The Morgan fingerprint density at radius 2 is 1.59 bits per heavy atom. The molecular weight excluding hydrogens is 435 g/mol. The van der Waals surface area contributed by atoms with E-state index in [2.05, 4.69) is 5.32 Å². The molecule has 34 heavy (non-hydrogen) atoms. The van der Waals surface area contributed by atoms with Crippen LogP contribution in [0.15, 0.2) is 84.9 Å². The Labute approximate surface area is 199 Å². The molecule has 0 aromatic heterocycles. The van der Waals surface area contributed by atoms with Gasteiger partial charge < -0.3 is 19.7 Å². The van der Waals surface area contributed by atoms with Crippen molar-refractivity contribution >= 4 is 11.8 Å². The van der Waals surface area contributed by atoms with Crippen LogP contribution in [0.3, 0.4) is 0 Å². The summed E-state index contributed by atoms with van der Waals surface area (Å²) >= 11 is 0. The molecule has 1 atom stereocenters. The molecule has 3 aromatic rings. The van der Waals surface area contributed by atoms with Gasteiger partial charge >= 0.3 is 0 Å². The van der Waals surface area contributed by atoms with E-state index in [4.69, 9.17) is 9.47 Å². The molecule has 7 heteroatoms. The summed E-state index contributed by atoms with van der Waals surface area (Å²) in [5, 5.41) is 2.91. The summed E-state index contributed by atoms with van der Waals surface area (Å²) in [6.45, 7) is 0.794. The van der Waals surface area contributed by atoms with E-state index >= 15 is 0 Å². The zero-order valence-corrected chi connectivity index (χ0v) is 19.2. The maximum Gasteiger partial charge on any atom is 0.261 e. The first-order valence-corrected chi connectivity index (χ1v) is 11.1. The molecule has 0 aliphatic heterocycles. The average Bonchev–Trinajstić information content (AvgIpc) is 2.87. The zero-order chi connectivity index (χ0) is 24.2. The van der Waals surface area contributed by atoms with Gasteiger partial charge in [-0.15, -0.1) is 0 Å².